The van der Waals surface area contributed by atoms with Gasteiger partial charge in [-0.05, 0) is 30.7 Å². The van der Waals surface area contributed by atoms with Crippen LogP contribution in [0.3, 0.4) is 0 Å². The molecule has 8 heteroatoms. The maximum Gasteiger partial charge on any atom is 0.200 e. The van der Waals surface area contributed by atoms with Crippen LogP contribution in [0.1, 0.15) is 12.5 Å². The van der Waals surface area contributed by atoms with Gasteiger partial charge in [0, 0.05) is 6.21 Å². The van der Waals surface area contributed by atoms with Crippen LogP contribution in [0.25, 0.3) is 6.08 Å². The number of benzene rings is 1. The average Bonchev–Trinajstić information content (AvgIpc) is 2.64. The molecule has 1 heterocycles. The fourth-order valence-corrected chi connectivity index (χ4v) is 2.81. The topological polar surface area (TPSA) is 121 Å². The number of nitrogens with zero attached hydrogens (tertiary/aromatic N) is 1. The smallest absolute Gasteiger partial charge is 0.200 e. The van der Waals surface area contributed by atoms with E-state index in [1.165, 1.54) is 20.4 Å². The Morgan fingerprint density at radius 2 is 1.77 bits per heavy atom. The van der Waals surface area contributed by atoms with Crippen molar-refractivity contribution >= 4 is 12.3 Å². The van der Waals surface area contributed by atoms with Gasteiger partial charge in [-0.2, -0.15) is 0 Å². The van der Waals surface area contributed by atoms with Crippen molar-refractivity contribution < 1.29 is 34.6 Å². The van der Waals surface area contributed by atoms with Crippen LogP contribution in [-0.4, -0.2) is 77.9 Å². The van der Waals surface area contributed by atoms with Gasteiger partial charge in [0.2, 0.25) is 5.75 Å². The Morgan fingerprint density at radius 3 is 2.31 bits per heavy atom. The van der Waals surface area contributed by atoms with Gasteiger partial charge in [-0.3, -0.25) is 4.99 Å². The van der Waals surface area contributed by atoms with Crippen molar-refractivity contribution in [1.29, 1.82) is 0 Å². The lowest BCUT2D eigenvalue weighted by Crippen LogP contribution is -2.57. The van der Waals surface area contributed by atoms with Crippen molar-refractivity contribution in [3.05, 3.63) is 23.8 Å². The molecular weight excluding hydrogens is 342 g/mol. The first-order chi connectivity index (χ1) is 12.4. The van der Waals surface area contributed by atoms with Gasteiger partial charge in [0.1, 0.15) is 24.4 Å². The second-order valence-electron chi connectivity index (χ2n) is 5.97. The van der Waals surface area contributed by atoms with E-state index in [0.717, 1.165) is 5.56 Å². The number of aliphatic hydroxyl groups is 3. The van der Waals surface area contributed by atoms with Gasteiger partial charge in [-0.25, -0.2) is 0 Å². The van der Waals surface area contributed by atoms with E-state index in [4.69, 9.17) is 19.3 Å². The third-order valence-corrected chi connectivity index (χ3v) is 4.27. The number of aliphatic hydroxyl groups excluding tert-OH is 3. The molecule has 0 spiro atoms. The zero-order valence-electron chi connectivity index (χ0n) is 14.9. The van der Waals surface area contributed by atoms with Crippen molar-refractivity contribution in [3.63, 3.8) is 0 Å². The first kappa shape index (κ1) is 20.2. The number of phenols is 1. The minimum Gasteiger partial charge on any atom is -0.502 e. The van der Waals surface area contributed by atoms with Gasteiger partial charge < -0.3 is 34.6 Å². The molecule has 5 atom stereocenters. The number of rotatable bonds is 6. The molecule has 0 bridgehead atoms. The highest BCUT2D eigenvalue weighted by molar-refractivity contribution is 5.79. The van der Waals surface area contributed by atoms with Crippen LogP contribution in [0.2, 0.25) is 0 Å². The summed E-state index contributed by atoms with van der Waals surface area (Å²) in [5, 5.41) is 39.1. The minimum atomic E-state index is -1.20. The summed E-state index contributed by atoms with van der Waals surface area (Å²) in [6.45, 7) is 1.35. The molecule has 1 aromatic carbocycles. The molecule has 0 saturated carbocycles. The summed E-state index contributed by atoms with van der Waals surface area (Å²) < 4.78 is 15.7. The highest BCUT2D eigenvalue weighted by Crippen LogP contribution is 2.37. The Kier molecular flexibility index (Phi) is 6.98. The number of ether oxygens (including phenoxy) is 3. The van der Waals surface area contributed by atoms with E-state index in [-0.39, 0.29) is 23.9 Å². The predicted molar refractivity (Wildman–Crippen MR) is 96.0 cm³/mol. The van der Waals surface area contributed by atoms with Crippen LogP contribution in [0.4, 0.5) is 0 Å². The number of hydrogen-bond acceptors (Lipinski definition) is 8. The molecule has 5 unspecified atom stereocenters. The summed E-state index contributed by atoms with van der Waals surface area (Å²) in [5.41, 5.74) is 0.719. The first-order valence-corrected chi connectivity index (χ1v) is 8.20. The van der Waals surface area contributed by atoms with Crippen LogP contribution >= 0.6 is 0 Å². The molecule has 1 saturated heterocycles. The fourth-order valence-electron chi connectivity index (χ4n) is 2.81. The zero-order valence-corrected chi connectivity index (χ0v) is 14.9. The van der Waals surface area contributed by atoms with Crippen LogP contribution in [0.15, 0.2) is 23.2 Å². The summed E-state index contributed by atoms with van der Waals surface area (Å²) in [6, 6.07) is 2.62. The molecule has 0 aromatic heterocycles. The lowest BCUT2D eigenvalue weighted by molar-refractivity contribution is -0.183. The van der Waals surface area contributed by atoms with Crippen LogP contribution < -0.4 is 9.47 Å². The van der Waals surface area contributed by atoms with Gasteiger partial charge in [0.05, 0.1) is 26.9 Å². The van der Waals surface area contributed by atoms with E-state index < -0.39 is 30.5 Å². The van der Waals surface area contributed by atoms with Crippen molar-refractivity contribution in [2.75, 3.05) is 20.8 Å². The number of allylic oxidation sites excluding steroid dienone is 1. The number of hydrogen-bond donors (Lipinski definition) is 4. The Morgan fingerprint density at radius 1 is 1.15 bits per heavy atom. The Hall–Kier alpha value is -2.13. The van der Waals surface area contributed by atoms with Crippen LogP contribution in [-0.2, 0) is 4.74 Å². The van der Waals surface area contributed by atoms with Crippen molar-refractivity contribution in [2.24, 2.45) is 4.99 Å². The molecule has 1 fully saturated rings. The van der Waals surface area contributed by atoms with Crippen molar-refractivity contribution in [2.45, 2.75) is 37.4 Å². The highest BCUT2D eigenvalue weighted by atomic mass is 16.5. The maximum atomic E-state index is 10.2. The van der Waals surface area contributed by atoms with E-state index in [1.54, 1.807) is 31.2 Å². The van der Waals surface area contributed by atoms with Crippen LogP contribution in [0.5, 0.6) is 17.2 Å². The van der Waals surface area contributed by atoms with Gasteiger partial charge in [-0.15, -0.1) is 0 Å². The Bertz CT molecular complexity index is 636. The molecular formula is C18H25NO7. The lowest BCUT2D eigenvalue weighted by Gasteiger charge is -2.39. The summed E-state index contributed by atoms with van der Waals surface area (Å²) in [5.74, 6) is 0.484. The van der Waals surface area contributed by atoms with Crippen molar-refractivity contribution in [1.82, 2.24) is 0 Å². The quantitative estimate of drug-likeness (QED) is 0.536. The molecule has 1 aliphatic rings. The molecule has 1 aliphatic heterocycles. The summed E-state index contributed by atoms with van der Waals surface area (Å²) in [4.78, 5) is 4.24. The molecule has 1 aromatic rings. The molecule has 0 aliphatic carbocycles. The number of aromatic hydroxyl groups is 1. The SMILES string of the molecule is COc1cc(/C=C/C=N\C2C(C)OC(CO)C(O)C2O)cc(OC)c1O. The molecule has 8 nitrogen and oxygen atoms in total. The summed E-state index contributed by atoms with van der Waals surface area (Å²) >= 11 is 0. The van der Waals surface area contributed by atoms with Gasteiger partial charge >= 0.3 is 0 Å². The summed E-state index contributed by atoms with van der Waals surface area (Å²) in [7, 11) is 2.89. The van der Waals surface area contributed by atoms with Gasteiger partial charge in [-0.1, -0.05) is 6.08 Å². The normalized spacial score (nSPS) is 29.4. The van der Waals surface area contributed by atoms with E-state index in [9.17, 15) is 15.3 Å². The zero-order chi connectivity index (χ0) is 19.3. The number of methoxy groups -OCH3 is 2. The highest BCUT2D eigenvalue weighted by Gasteiger charge is 2.41. The minimum absolute atomic E-state index is 0.0791. The summed E-state index contributed by atoms with van der Waals surface area (Å²) in [6.07, 6.45) is 1.26. The molecule has 26 heavy (non-hydrogen) atoms. The third kappa shape index (κ3) is 4.34. The van der Waals surface area contributed by atoms with E-state index in [1.807, 2.05) is 0 Å². The largest absolute Gasteiger partial charge is 0.502 e. The van der Waals surface area contributed by atoms with Crippen LogP contribution in [0, 0.1) is 0 Å². The number of phenolic OH excluding ortho intramolecular Hbond substituents is 1. The second kappa shape index (κ2) is 9.00. The van der Waals surface area contributed by atoms with Gasteiger partial charge in [0.25, 0.3) is 0 Å². The van der Waals surface area contributed by atoms with Crippen molar-refractivity contribution in [3.8, 4) is 17.2 Å². The molecule has 2 rings (SSSR count). The maximum absolute atomic E-state index is 10.2. The number of aliphatic imine (C=N–C) groups is 1. The Labute approximate surface area is 152 Å². The Balaban J connectivity index is 2.10. The molecule has 0 amide bonds. The molecule has 4 N–H and O–H groups in total. The van der Waals surface area contributed by atoms with E-state index in [2.05, 4.69) is 4.99 Å². The fraction of sp³-hybridized carbons (Fsp3) is 0.500. The van der Waals surface area contributed by atoms with Gasteiger partial charge in [0.15, 0.2) is 11.5 Å². The second-order valence-corrected chi connectivity index (χ2v) is 5.97. The standard InChI is InChI=1S/C18H25NO7/c1-10-15(18(23)17(22)14(9-20)26-10)19-6-4-5-11-7-12(24-2)16(21)13(8-11)25-3/h4-8,10,14-15,17-18,20-23H,9H2,1-3H3/b5-4+,19-6-. The monoisotopic (exact) mass is 367 g/mol. The third-order valence-electron chi connectivity index (χ3n) is 4.27. The first-order valence-electron chi connectivity index (χ1n) is 8.20. The predicted octanol–water partition coefficient (Wildman–Crippen LogP) is 0.363. The van der Waals surface area contributed by atoms with E-state index in [0.29, 0.717) is 0 Å². The average molecular weight is 367 g/mol. The molecule has 144 valence electrons. The lowest BCUT2D eigenvalue weighted by atomic mass is 9.94. The van der Waals surface area contributed by atoms with E-state index >= 15 is 0 Å². The molecule has 0 radical (unpaired) electrons.